The molecular formula is C13H19FN2O. The normalized spacial score (nSPS) is 17.3. The van der Waals surface area contributed by atoms with Gasteiger partial charge in [-0.3, -0.25) is 4.90 Å². The van der Waals surface area contributed by atoms with Gasteiger partial charge in [0.2, 0.25) is 0 Å². The Labute approximate surface area is 101 Å². The summed E-state index contributed by atoms with van der Waals surface area (Å²) in [5, 5.41) is 0. The molecule has 1 fully saturated rings. The Morgan fingerprint density at radius 2 is 2.06 bits per heavy atom. The number of hydrogen-bond acceptors (Lipinski definition) is 3. The minimum atomic E-state index is -0.138. The first kappa shape index (κ1) is 12.5. The molecule has 2 rings (SSSR count). The van der Waals surface area contributed by atoms with Crippen LogP contribution in [0.15, 0.2) is 18.2 Å². The predicted molar refractivity (Wildman–Crippen MR) is 65.3 cm³/mol. The molecule has 0 amide bonds. The molecule has 0 aromatic heterocycles. The van der Waals surface area contributed by atoms with E-state index < -0.39 is 0 Å². The summed E-state index contributed by atoms with van der Waals surface area (Å²) in [6.45, 7) is 4.70. The number of ether oxygens (including phenoxy) is 1. The Morgan fingerprint density at radius 3 is 2.76 bits per heavy atom. The van der Waals surface area contributed by atoms with Crippen LogP contribution in [0.25, 0.3) is 0 Å². The molecule has 0 radical (unpaired) electrons. The number of morpholine rings is 1. The maximum atomic E-state index is 13.7. The zero-order valence-electron chi connectivity index (χ0n) is 9.99. The Balaban J connectivity index is 1.97. The molecule has 1 aliphatic heterocycles. The summed E-state index contributed by atoms with van der Waals surface area (Å²) in [6.07, 6.45) is 0.721. The van der Waals surface area contributed by atoms with Crippen molar-refractivity contribution in [3.63, 3.8) is 0 Å². The standard InChI is InChI=1S/C13H19FN2O/c14-13-3-1-2-11(10-15)12(13)4-5-16-6-8-17-9-7-16/h1-3H,4-10,15H2. The number of benzene rings is 1. The molecule has 1 aliphatic rings. The third-order valence-corrected chi connectivity index (χ3v) is 3.22. The van der Waals surface area contributed by atoms with Crippen LogP contribution in [0.1, 0.15) is 11.1 Å². The van der Waals surface area contributed by atoms with E-state index in [2.05, 4.69) is 4.90 Å². The molecule has 0 atom stereocenters. The summed E-state index contributed by atoms with van der Waals surface area (Å²) in [7, 11) is 0. The number of rotatable bonds is 4. The van der Waals surface area contributed by atoms with Gasteiger partial charge in [0, 0.05) is 26.2 Å². The van der Waals surface area contributed by atoms with Crippen LogP contribution in [-0.4, -0.2) is 37.7 Å². The van der Waals surface area contributed by atoms with Crippen LogP contribution in [0.4, 0.5) is 4.39 Å². The average Bonchev–Trinajstić information content (AvgIpc) is 2.38. The number of halogens is 1. The van der Waals surface area contributed by atoms with Gasteiger partial charge in [0.25, 0.3) is 0 Å². The molecule has 4 heteroatoms. The fourth-order valence-corrected chi connectivity index (χ4v) is 2.17. The molecule has 2 N–H and O–H groups in total. The van der Waals surface area contributed by atoms with Crippen LogP contribution < -0.4 is 5.73 Å². The predicted octanol–water partition coefficient (Wildman–Crippen LogP) is 1.16. The zero-order valence-corrected chi connectivity index (χ0v) is 9.99. The average molecular weight is 238 g/mol. The Kier molecular flexibility index (Phi) is 4.48. The van der Waals surface area contributed by atoms with Crippen LogP contribution in [0.5, 0.6) is 0 Å². The second-order valence-electron chi connectivity index (χ2n) is 4.29. The van der Waals surface area contributed by atoms with Crippen molar-refractivity contribution in [3.05, 3.63) is 35.1 Å². The second kappa shape index (κ2) is 6.10. The fraction of sp³-hybridized carbons (Fsp3) is 0.538. The van der Waals surface area contributed by atoms with Gasteiger partial charge in [-0.15, -0.1) is 0 Å². The van der Waals surface area contributed by atoms with Crippen molar-refractivity contribution in [1.82, 2.24) is 4.90 Å². The van der Waals surface area contributed by atoms with E-state index in [9.17, 15) is 4.39 Å². The Morgan fingerprint density at radius 1 is 1.29 bits per heavy atom. The highest BCUT2D eigenvalue weighted by molar-refractivity contribution is 5.28. The highest BCUT2D eigenvalue weighted by atomic mass is 19.1. The van der Waals surface area contributed by atoms with Gasteiger partial charge in [0.05, 0.1) is 13.2 Å². The number of nitrogens with two attached hydrogens (primary N) is 1. The van der Waals surface area contributed by atoms with Gasteiger partial charge < -0.3 is 10.5 Å². The van der Waals surface area contributed by atoms with Gasteiger partial charge in [-0.2, -0.15) is 0 Å². The monoisotopic (exact) mass is 238 g/mol. The lowest BCUT2D eigenvalue weighted by atomic mass is 10.0. The van der Waals surface area contributed by atoms with E-state index in [0.717, 1.165) is 50.4 Å². The lowest BCUT2D eigenvalue weighted by molar-refractivity contribution is 0.0383. The smallest absolute Gasteiger partial charge is 0.126 e. The van der Waals surface area contributed by atoms with Gasteiger partial charge in [-0.25, -0.2) is 4.39 Å². The van der Waals surface area contributed by atoms with Gasteiger partial charge in [0.15, 0.2) is 0 Å². The fourth-order valence-electron chi connectivity index (χ4n) is 2.17. The van der Waals surface area contributed by atoms with E-state index in [-0.39, 0.29) is 5.82 Å². The molecule has 1 saturated heterocycles. The summed E-state index contributed by atoms with van der Waals surface area (Å²) >= 11 is 0. The maximum absolute atomic E-state index is 13.7. The third-order valence-electron chi connectivity index (χ3n) is 3.22. The molecule has 3 nitrogen and oxygen atoms in total. The molecule has 0 spiro atoms. The summed E-state index contributed by atoms with van der Waals surface area (Å²) in [5.74, 6) is -0.138. The minimum absolute atomic E-state index is 0.138. The van der Waals surface area contributed by atoms with E-state index in [0.29, 0.717) is 6.54 Å². The first-order chi connectivity index (χ1) is 8.31. The van der Waals surface area contributed by atoms with Gasteiger partial charge in [-0.1, -0.05) is 12.1 Å². The Bertz CT molecular complexity index is 364. The lowest BCUT2D eigenvalue weighted by Gasteiger charge is -2.26. The maximum Gasteiger partial charge on any atom is 0.126 e. The van der Waals surface area contributed by atoms with E-state index in [1.807, 2.05) is 6.07 Å². The first-order valence-corrected chi connectivity index (χ1v) is 6.07. The van der Waals surface area contributed by atoms with E-state index in [1.165, 1.54) is 6.07 Å². The van der Waals surface area contributed by atoms with Crippen LogP contribution >= 0.6 is 0 Å². The van der Waals surface area contributed by atoms with E-state index in [4.69, 9.17) is 10.5 Å². The molecule has 0 bridgehead atoms. The number of hydrogen-bond donors (Lipinski definition) is 1. The largest absolute Gasteiger partial charge is 0.379 e. The molecule has 0 saturated carbocycles. The van der Waals surface area contributed by atoms with Crippen LogP contribution in [-0.2, 0) is 17.7 Å². The summed E-state index contributed by atoms with van der Waals surface area (Å²) < 4.78 is 19.0. The summed E-state index contributed by atoms with van der Waals surface area (Å²) in [6, 6.07) is 5.13. The van der Waals surface area contributed by atoms with E-state index in [1.54, 1.807) is 6.07 Å². The van der Waals surface area contributed by atoms with Gasteiger partial charge in [0.1, 0.15) is 5.82 Å². The Hall–Kier alpha value is -0.970. The lowest BCUT2D eigenvalue weighted by Crippen LogP contribution is -2.37. The van der Waals surface area contributed by atoms with Gasteiger partial charge >= 0.3 is 0 Å². The summed E-state index contributed by atoms with van der Waals surface area (Å²) in [4.78, 5) is 2.30. The molecular weight excluding hydrogens is 219 g/mol. The highest BCUT2D eigenvalue weighted by Crippen LogP contribution is 2.14. The van der Waals surface area contributed by atoms with Crippen LogP contribution in [0, 0.1) is 5.82 Å². The molecule has 94 valence electrons. The van der Waals surface area contributed by atoms with Crippen molar-refractivity contribution in [2.75, 3.05) is 32.8 Å². The van der Waals surface area contributed by atoms with Crippen LogP contribution in [0.2, 0.25) is 0 Å². The highest BCUT2D eigenvalue weighted by Gasteiger charge is 2.12. The zero-order chi connectivity index (χ0) is 12.1. The second-order valence-corrected chi connectivity index (χ2v) is 4.29. The molecule has 1 aromatic carbocycles. The molecule has 1 heterocycles. The number of nitrogens with zero attached hydrogens (tertiary/aromatic N) is 1. The van der Waals surface area contributed by atoms with Crippen molar-refractivity contribution in [3.8, 4) is 0 Å². The van der Waals surface area contributed by atoms with Crippen molar-refractivity contribution in [2.24, 2.45) is 5.73 Å². The van der Waals surface area contributed by atoms with E-state index >= 15 is 0 Å². The van der Waals surface area contributed by atoms with Crippen molar-refractivity contribution >= 4 is 0 Å². The SMILES string of the molecule is NCc1cccc(F)c1CCN1CCOCC1. The minimum Gasteiger partial charge on any atom is -0.379 e. The first-order valence-electron chi connectivity index (χ1n) is 6.07. The molecule has 0 unspecified atom stereocenters. The topological polar surface area (TPSA) is 38.5 Å². The van der Waals surface area contributed by atoms with Gasteiger partial charge in [-0.05, 0) is 23.6 Å². The molecule has 1 aromatic rings. The van der Waals surface area contributed by atoms with Crippen molar-refractivity contribution < 1.29 is 9.13 Å². The van der Waals surface area contributed by atoms with Crippen molar-refractivity contribution in [1.29, 1.82) is 0 Å². The van der Waals surface area contributed by atoms with Crippen molar-refractivity contribution in [2.45, 2.75) is 13.0 Å². The quantitative estimate of drug-likeness (QED) is 0.855. The van der Waals surface area contributed by atoms with Crippen LogP contribution in [0.3, 0.4) is 0 Å². The molecule has 0 aliphatic carbocycles. The third kappa shape index (κ3) is 3.25. The molecule has 17 heavy (non-hydrogen) atoms. The summed E-state index contributed by atoms with van der Waals surface area (Å²) in [5.41, 5.74) is 7.31.